The zero-order chi connectivity index (χ0) is 14.1. The van der Waals surface area contributed by atoms with Gasteiger partial charge in [0.15, 0.2) is 0 Å². The van der Waals surface area contributed by atoms with Crippen molar-refractivity contribution in [2.45, 2.75) is 33.3 Å². The van der Waals surface area contributed by atoms with E-state index in [4.69, 9.17) is 9.88 Å². The molecule has 106 valence electrons. The minimum Gasteiger partial charge on any atom is -0.444 e. The average molecular weight is 278 g/mol. The Labute approximate surface area is 109 Å². The van der Waals surface area contributed by atoms with Crippen molar-refractivity contribution in [3.8, 4) is 0 Å². The number of nitrogens with zero attached hydrogens (tertiary/aromatic N) is 1. The number of ether oxygens (including phenoxy) is 1. The van der Waals surface area contributed by atoms with Crippen molar-refractivity contribution in [1.82, 2.24) is 4.90 Å². The van der Waals surface area contributed by atoms with Crippen molar-refractivity contribution in [2.24, 2.45) is 17.0 Å². The highest BCUT2D eigenvalue weighted by molar-refractivity contribution is 7.89. The van der Waals surface area contributed by atoms with Crippen molar-refractivity contribution in [3.05, 3.63) is 0 Å². The van der Waals surface area contributed by atoms with Crippen LogP contribution in [0.25, 0.3) is 0 Å². The van der Waals surface area contributed by atoms with Gasteiger partial charge in [-0.25, -0.2) is 18.4 Å². The Morgan fingerprint density at radius 1 is 1.39 bits per heavy atom. The number of hydrogen-bond acceptors (Lipinski definition) is 4. The monoisotopic (exact) mass is 278 g/mol. The zero-order valence-corrected chi connectivity index (χ0v) is 12.2. The van der Waals surface area contributed by atoms with Crippen LogP contribution in [-0.4, -0.2) is 43.9 Å². The van der Waals surface area contributed by atoms with Crippen LogP contribution in [0.5, 0.6) is 0 Å². The molecule has 1 heterocycles. The van der Waals surface area contributed by atoms with E-state index in [1.165, 1.54) is 0 Å². The van der Waals surface area contributed by atoms with Gasteiger partial charge < -0.3 is 9.64 Å². The number of carbonyl (C=O) groups is 1. The molecule has 2 atom stereocenters. The first kappa shape index (κ1) is 15.2. The smallest absolute Gasteiger partial charge is 0.410 e. The van der Waals surface area contributed by atoms with Gasteiger partial charge in [0.1, 0.15) is 5.60 Å². The molecule has 1 amide bonds. The highest BCUT2D eigenvalue weighted by Gasteiger charge is 2.36. The zero-order valence-electron chi connectivity index (χ0n) is 11.3. The first-order valence-electron chi connectivity index (χ1n) is 5.96. The molecule has 0 unspecified atom stereocenters. The number of likely N-dealkylation sites (tertiary alicyclic amines) is 1. The number of primary sulfonamides is 1. The van der Waals surface area contributed by atoms with Crippen molar-refractivity contribution in [3.63, 3.8) is 0 Å². The molecule has 1 aliphatic heterocycles. The maximum atomic E-state index is 11.8. The fourth-order valence-corrected chi connectivity index (χ4v) is 3.06. The van der Waals surface area contributed by atoms with Gasteiger partial charge in [0.05, 0.1) is 5.75 Å². The van der Waals surface area contributed by atoms with Gasteiger partial charge in [0.2, 0.25) is 10.0 Å². The van der Waals surface area contributed by atoms with Crippen LogP contribution in [0.4, 0.5) is 4.79 Å². The number of carbonyl (C=O) groups excluding carboxylic acids is 1. The number of amides is 1. The summed E-state index contributed by atoms with van der Waals surface area (Å²) in [6.07, 6.45) is -0.397. The van der Waals surface area contributed by atoms with Crippen LogP contribution in [0.15, 0.2) is 0 Å². The molecule has 0 aromatic carbocycles. The molecule has 0 bridgehead atoms. The van der Waals surface area contributed by atoms with Crippen LogP contribution >= 0.6 is 0 Å². The summed E-state index contributed by atoms with van der Waals surface area (Å²) in [6.45, 7) is 8.20. The molecule has 18 heavy (non-hydrogen) atoms. The molecule has 0 radical (unpaired) electrons. The molecule has 6 nitrogen and oxygen atoms in total. The summed E-state index contributed by atoms with van der Waals surface area (Å²) >= 11 is 0. The summed E-state index contributed by atoms with van der Waals surface area (Å²) in [7, 11) is -3.50. The number of hydrogen-bond donors (Lipinski definition) is 1. The molecule has 1 saturated heterocycles. The molecule has 2 N–H and O–H groups in total. The lowest BCUT2D eigenvalue weighted by Crippen LogP contribution is -2.36. The predicted octanol–water partition coefficient (Wildman–Crippen LogP) is 0.778. The van der Waals surface area contributed by atoms with Crippen molar-refractivity contribution < 1.29 is 17.9 Å². The molecule has 1 fully saturated rings. The molecular weight excluding hydrogens is 256 g/mol. The molecule has 1 aliphatic rings. The largest absolute Gasteiger partial charge is 0.444 e. The van der Waals surface area contributed by atoms with E-state index in [1.54, 1.807) is 25.7 Å². The minimum atomic E-state index is -3.50. The summed E-state index contributed by atoms with van der Waals surface area (Å²) in [6, 6.07) is 0. The van der Waals surface area contributed by atoms with Crippen LogP contribution in [0.3, 0.4) is 0 Å². The number of sulfonamides is 1. The Balaban J connectivity index is 2.61. The van der Waals surface area contributed by atoms with E-state index < -0.39 is 21.7 Å². The number of rotatable bonds is 2. The maximum absolute atomic E-state index is 11.8. The van der Waals surface area contributed by atoms with Crippen LogP contribution in [0, 0.1) is 11.8 Å². The topological polar surface area (TPSA) is 89.7 Å². The number of nitrogens with two attached hydrogens (primary N) is 1. The Hall–Kier alpha value is -0.820. The van der Waals surface area contributed by atoms with E-state index in [2.05, 4.69) is 0 Å². The third kappa shape index (κ3) is 4.81. The Bertz CT molecular complexity index is 413. The molecule has 0 aromatic rings. The van der Waals surface area contributed by atoms with Gasteiger partial charge in [-0.3, -0.25) is 0 Å². The first-order chi connectivity index (χ1) is 7.98. The molecule has 1 rings (SSSR count). The lowest BCUT2D eigenvalue weighted by molar-refractivity contribution is 0.0285. The summed E-state index contributed by atoms with van der Waals surface area (Å²) < 4.78 is 27.4. The van der Waals surface area contributed by atoms with Crippen LogP contribution < -0.4 is 5.14 Å². The fraction of sp³-hybridized carbons (Fsp3) is 0.909. The summed E-state index contributed by atoms with van der Waals surface area (Å²) in [5.41, 5.74) is -0.543. The highest BCUT2D eigenvalue weighted by atomic mass is 32.2. The predicted molar refractivity (Wildman–Crippen MR) is 68.4 cm³/mol. The second-order valence-corrected chi connectivity index (χ2v) is 7.61. The second-order valence-electron chi connectivity index (χ2n) is 5.95. The van der Waals surface area contributed by atoms with E-state index in [0.29, 0.717) is 13.1 Å². The Morgan fingerprint density at radius 2 is 1.94 bits per heavy atom. The van der Waals surface area contributed by atoms with Gasteiger partial charge in [0, 0.05) is 13.1 Å². The Kier molecular flexibility index (Phi) is 4.27. The van der Waals surface area contributed by atoms with E-state index in [-0.39, 0.29) is 17.6 Å². The van der Waals surface area contributed by atoms with Crippen molar-refractivity contribution in [2.75, 3.05) is 18.8 Å². The van der Waals surface area contributed by atoms with Gasteiger partial charge in [-0.1, -0.05) is 6.92 Å². The van der Waals surface area contributed by atoms with Gasteiger partial charge in [-0.2, -0.15) is 0 Å². The quantitative estimate of drug-likeness (QED) is 0.808. The van der Waals surface area contributed by atoms with E-state index in [9.17, 15) is 13.2 Å². The minimum absolute atomic E-state index is 0.0898. The van der Waals surface area contributed by atoms with Gasteiger partial charge in [0.25, 0.3) is 0 Å². The molecule has 0 spiro atoms. The van der Waals surface area contributed by atoms with Crippen LogP contribution in [0.1, 0.15) is 27.7 Å². The van der Waals surface area contributed by atoms with Crippen molar-refractivity contribution >= 4 is 16.1 Å². The molecule has 0 aromatic heterocycles. The van der Waals surface area contributed by atoms with E-state index in [1.807, 2.05) is 6.92 Å². The van der Waals surface area contributed by atoms with E-state index >= 15 is 0 Å². The third-order valence-corrected chi connectivity index (χ3v) is 3.76. The van der Waals surface area contributed by atoms with E-state index in [0.717, 1.165) is 0 Å². The molecule has 0 saturated carbocycles. The molecule has 0 aliphatic carbocycles. The van der Waals surface area contributed by atoms with Crippen LogP contribution in [-0.2, 0) is 14.8 Å². The lowest BCUT2D eigenvalue weighted by Gasteiger charge is -2.24. The SMILES string of the molecule is C[C@@H]1CN(C(=O)OC(C)(C)C)C[C@H]1CS(N)(=O)=O. The Morgan fingerprint density at radius 3 is 2.39 bits per heavy atom. The first-order valence-corrected chi connectivity index (χ1v) is 7.68. The molecular formula is C11H22N2O4S. The second kappa shape index (κ2) is 5.05. The summed E-state index contributed by atoms with van der Waals surface area (Å²) in [5, 5.41) is 5.04. The van der Waals surface area contributed by atoms with Crippen LogP contribution in [0.2, 0.25) is 0 Å². The normalized spacial score (nSPS) is 25.3. The highest BCUT2D eigenvalue weighted by Crippen LogP contribution is 2.25. The summed E-state index contributed by atoms with van der Waals surface area (Å²) in [5.74, 6) is -0.101. The third-order valence-electron chi connectivity index (χ3n) is 2.87. The van der Waals surface area contributed by atoms with Gasteiger partial charge >= 0.3 is 6.09 Å². The van der Waals surface area contributed by atoms with Crippen molar-refractivity contribution in [1.29, 1.82) is 0 Å². The molecule has 7 heteroatoms. The lowest BCUT2D eigenvalue weighted by atomic mass is 10.0. The average Bonchev–Trinajstić information content (AvgIpc) is 2.42. The fourth-order valence-electron chi connectivity index (χ4n) is 2.03. The summed E-state index contributed by atoms with van der Waals surface area (Å²) in [4.78, 5) is 13.4. The van der Waals surface area contributed by atoms with Gasteiger partial charge in [-0.15, -0.1) is 0 Å². The maximum Gasteiger partial charge on any atom is 0.410 e. The van der Waals surface area contributed by atoms with Gasteiger partial charge in [-0.05, 0) is 32.6 Å². The standard InChI is InChI=1S/C11H22N2O4S/c1-8-5-13(10(14)17-11(2,3)4)6-9(8)7-18(12,15)16/h8-9H,5-7H2,1-4H3,(H2,12,15,16)/t8-,9+/m1/s1.